The highest BCUT2D eigenvalue weighted by molar-refractivity contribution is 5.99. The number of likely N-dealkylation sites (N-methyl/N-ethyl adjacent to an activating group) is 1. The molecule has 0 bridgehead atoms. The molecule has 10 nitrogen and oxygen atoms in total. The fourth-order valence-electron chi connectivity index (χ4n) is 5.26. The first-order valence-electron chi connectivity index (χ1n) is 14.2. The molecule has 2 aliphatic rings. The van der Waals surface area contributed by atoms with Crippen LogP contribution >= 0.6 is 0 Å². The summed E-state index contributed by atoms with van der Waals surface area (Å²) in [5, 5.41) is 15.6. The van der Waals surface area contributed by atoms with Crippen molar-refractivity contribution in [3.63, 3.8) is 0 Å². The Balaban J connectivity index is 1.35. The molecule has 0 aromatic heterocycles. The smallest absolute Gasteiger partial charge is 0.323 e. The minimum atomic E-state index is -0.386. The van der Waals surface area contributed by atoms with Crippen molar-refractivity contribution in [3.8, 4) is 17.2 Å². The SMILES string of the molecule is C[C@H]1CN([C@@H](C)CO)C(=O)Cc2cc(NC(=O)Nc3ccccc3)ccc2O[C@@H]1CN(C)Cc1ccc2c(c1)OCO2. The summed E-state index contributed by atoms with van der Waals surface area (Å²) >= 11 is 0. The van der Waals surface area contributed by atoms with Gasteiger partial charge < -0.3 is 34.9 Å². The molecule has 0 saturated carbocycles. The lowest BCUT2D eigenvalue weighted by atomic mass is 10.0. The Bertz CT molecular complexity index is 1400. The molecule has 3 amide bonds. The first kappa shape index (κ1) is 29.2. The van der Waals surface area contributed by atoms with Crippen LogP contribution in [-0.4, -0.2) is 72.5 Å². The molecule has 3 N–H and O–H groups in total. The Morgan fingerprint density at radius 2 is 1.76 bits per heavy atom. The summed E-state index contributed by atoms with van der Waals surface area (Å²) in [5.41, 5.74) is 2.98. The van der Waals surface area contributed by atoms with E-state index in [4.69, 9.17) is 14.2 Å². The Kier molecular flexibility index (Phi) is 9.14. The maximum absolute atomic E-state index is 13.5. The third kappa shape index (κ3) is 7.13. The Morgan fingerprint density at radius 1 is 1.02 bits per heavy atom. The van der Waals surface area contributed by atoms with Gasteiger partial charge in [0, 0.05) is 42.5 Å². The van der Waals surface area contributed by atoms with Crippen molar-refractivity contribution in [1.82, 2.24) is 9.80 Å². The first-order valence-corrected chi connectivity index (χ1v) is 14.2. The van der Waals surface area contributed by atoms with E-state index in [0.29, 0.717) is 42.3 Å². The van der Waals surface area contributed by atoms with Gasteiger partial charge in [-0.1, -0.05) is 31.2 Å². The average molecular weight is 575 g/mol. The highest BCUT2D eigenvalue weighted by Gasteiger charge is 2.31. The lowest BCUT2D eigenvalue weighted by Crippen LogP contribution is -2.47. The number of aliphatic hydroxyl groups is 1. The summed E-state index contributed by atoms with van der Waals surface area (Å²) in [6.45, 7) is 5.73. The third-order valence-corrected chi connectivity index (χ3v) is 7.59. The highest BCUT2D eigenvalue weighted by Crippen LogP contribution is 2.33. The summed E-state index contributed by atoms with van der Waals surface area (Å²) < 4.78 is 17.6. The maximum Gasteiger partial charge on any atom is 0.323 e. The van der Waals surface area contributed by atoms with E-state index in [9.17, 15) is 14.7 Å². The predicted molar refractivity (Wildman–Crippen MR) is 160 cm³/mol. The van der Waals surface area contributed by atoms with Crippen molar-refractivity contribution in [2.45, 2.75) is 39.0 Å². The normalized spacial score (nSPS) is 18.8. The molecule has 0 saturated heterocycles. The summed E-state index contributed by atoms with van der Waals surface area (Å²) in [4.78, 5) is 30.0. The van der Waals surface area contributed by atoms with Gasteiger partial charge in [0.2, 0.25) is 12.7 Å². The molecule has 0 fully saturated rings. The number of nitrogens with one attached hydrogen (secondary N) is 2. The zero-order valence-corrected chi connectivity index (χ0v) is 24.2. The van der Waals surface area contributed by atoms with E-state index in [-0.39, 0.29) is 49.8 Å². The van der Waals surface area contributed by atoms with Crippen LogP contribution < -0.4 is 24.8 Å². The van der Waals surface area contributed by atoms with Gasteiger partial charge in [0.1, 0.15) is 11.9 Å². The van der Waals surface area contributed by atoms with E-state index in [2.05, 4.69) is 22.5 Å². The Hall–Kier alpha value is -4.28. The van der Waals surface area contributed by atoms with Crippen LogP contribution in [0.4, 0.5) is 16.2 Å². The van der Waals surface area contributed by atoms with E-state index < -0.39 is 0 Å². The third-order valence-electron chi connectivity index (χ3n) is 7.59. The van der Waals surface area contributed by atoms with E-state index in [0.717, 1.165) is 17.1 Å². The molecule has 222 valence electrons. The standard InChI is InChI=1S/C32H38N4O6/c1-21-16-36(22(2)19-37)31(38)15-24-14-26(34-32(39)33-25-7-5-4-6-8-25)10-12-27(24)42-30(21)18-35(3)17-23-9-11-28-29(13-23)41-20-40-28/h4-14,21-22,30,37H,15-20H2,1-3H3,(H2,33,34,39)/t21-,22-,30+/m0/s1. The molecule has 0 aliphatic carbocycles. The van der Waals surface area contributed by atoms with Gasteiger partial charge in [-0.25, -0.2) is 4.79 Å². The monoisotopic (exact) mass is 574 g/mol. The second-order valence-electron chi connectivity index (χ2n) is 11.0. The van der Waals surface area contributed by atoms with Crippen LogP contribution in [0.3, 0.4) is 0 Å². The number of benzene rings is 3. The van der Waals surface area contributed by atoms with Crippen molar-refractivity contribution in [2.75, 3.05) is 44.2 Å². The quantitative estimate of drug-likeness (QED) is 0.367. The van der Waals surface area contributed by atoms with Gasteiger partial charge in [0.15, 0.2) is 11.5 Å². The van der Waals surface area contributed by atoms with Gasteiger partial charge >= 0.3 is 6.03 Å². The molecule has 0 spiro atoms. The number of carbonyl (C=O) groups excluding carboxylic acids is 2. The molecular formula is C32H38N4O6. The minimum absolute atomic E-state index is 0.0254. The second-order valence-corrected chi connectivity index (χ2v) is 11.0. The number of anilines is 2. The van der Waals surface area contributed by atoms with Crippen LogP contribution in [0.25, 0.3) is 0 Å². The minimum Gasteiger partial charge on any atom is -0.488 e. The molecule has 3 atom stereocenters. The Morgan fingerprint density at radius 3 is 2.55 bits per heavy atom. The number of hydrogen-bond donors (Lipinski definition) is 3. The number of fused-ring (bicyclic) bond motifs is 2. The molecule has 10 heteroatoms. The molecule has 3 aromatic rings. The van der Waals surface area contributed by atoms with E-state index in [1.165, 1.54) is 0 Å². The number of urea groups is 1. The van der Waals surface area contributed by atoms with Crippen molar-refractivity contribution in [1.29, 1.82) is 0 Å². The maximum atomic E-state index is 13.5. The number of carbonyl (C=O) groups is 2. The summed E-state index contributed by atoms with van der Waals surface area (Å²) in [6.07, 6.45) is -0.163. The number of hydrogen-bond acceptors (Lipinski definition) is 7. The van der Waals surface area contributed by atoms with Gasteiger partial charge in [-0.05, 0) is 62.0 Å². The van der Waals surface area contributed by atoms with Crippen LogP contribution in [-0.2, 0) is 17.8 Å². The topological polar surface area (TPSA) is 113 Å². The zero-order valence-electron chi connectivity index (χ0n) is 24.2. The fraction of sp³-hybridized carbons (Fsp3) is 0.375. The number of amides is 3. The lowest BCUT2D eigenvalue weighted by Gasteiger charge is -2.34. The van der Waals surface area contributed by atoms with Gasteiger partial charge in [-0.2, -0.15) is 0 Å². The van der Waals surface area contributed by atoms with Crippen LogP contribution in [0.5, 0.6) is 17.2 Å². The highest BCUT2D eigenvalue weighted by atomic mass is 16.7. The van der Waals surface area contributed by atoms with Crippen molar-refractivity contribution < 1.29 is 28.9 Å². The van der Waals surface area contributed by atoms with E-state index in [1.54, 1.807) is 29.2 Å². The molecule has 0 unspecified atom stereocenters. The first-order chi connectivity index (χ1) is 20.3. The van der Waals surface area contributed by atoms with E-state index >= 15 is 0 Å². The van der Waals surface area contributed by atoms with Crippen molar-refractivity contribution in [2.24, 2.45) is 5.92 Å². The lowest BCUT2D eigenvalue weighted by molar-refractivity contribution is -0.134. The molecular weight excluding hydrogens is 536 g/mol. The molecule has 5 rings (SSSR count). The second kappa shape index (κ2) is 13.1. The fourth-order valence-corrected chi connectivity index (χ4v) is 5.26. The average Bonchev–Trinajstić information content (AvgIpc) is 3.45. The van der Waals surface area contributed by atoms with Crippen molar-refractivity contribution in [3.05, 3.63) is 77.9 Å². The van der Waals surface area contributed by atoms with Gasteiger partial charge in [-0.15, -0.1) is 0 Å². The molecule has 0 radical (unpaired) electrons. The van der Waals surface area contributed by atoms with Crippen LogP contribution in [0, 0.1) is 5.92 Å². The Labute approximate surface area is 246 Å². The molecule has 2 heterocycles. The molecule has 42 heavy (non-hydrogen) atoms. The molecule has 2 aliphatic heterocycles. The number of rotatable bonds is 8. The number of ether oxygens (including phenoxy) is 3. The summed E-state index contributed by atoms with van der Waals surface area (Å²) in [5.74, 6) is 1.97. The van der Waals surface area contributed by atoms with Crippen LogP contribution in [0.1, 0.15) is 25.0 Å². The number of nitrogens with zero attached hydrogens (tertiary/aromatic N) is 2. The zero-order chi connectivity index (χ0) is 29.6. The predicted octanol–water partition coefficient (Wildman–Crippen LogP) is 4.34. The van der Waals surface area contributed by atoms with Gasteiger partial charge in [0.25, 0.3) is 0 Å². The van der Waals surface area contributed by atoms with Crippen LogP contribution in [0.2, 0.25) is 0 Å². The van der Waals surface area contributed by atoms with Gasteiger partial charge in [0.05, 0.1) is 19.1 Å². The van der Waals surface area contributed by atoms with Crippen LogP contribution in [0.15, 0.2) is 66.7 Å². The van der Waals surface area contributed by atoms with Gasteiger partial charge in [-0.3, -0.25) is 9.69 Å². The molecule has 3 aromatic carbocycles. The number of aliphatic hydroxyl groups excluding tert-OH is 1. The number of para-hydroxylation sites is 1. The summed E-state index contributed by atoms with van der Waals surface area (Å²) in [7, 11) is 2.03. The largest absolute Gasteiger partial charge is 0.488 e. The summed E-state index contributed by atoms with van der Waals surface area (Å²) in [6, 6.07) is 19.8. The van der Waals surface area contributed by atoms with E-state index in [1.807, 2.05) is 56.4 Å². The van der Waals surface area contributed by atoms with Crippen molar-refractivity contribution >= 4 is 23.3 Å².